The van der Waals surface area contributed by atoms with Crippen molar-refractivity contribution in [3.63, 3.8) is 0 Å². The lowest BCUT2D eigenvalue weighted by Gasteiger charge is -2.25. The van der Waals surface area contributed by atoms with Gasteiger partial charge in [-0.3, -0.25) is 9.59 Å². The maximum atomic E-state index is 13.3. The normalized spacial score (nSPS) is 15.4. The molecule has 5 rings (SSSR count). The van der Waals surface area contributed by atoms with Crippen LogP contribution in [-0.4, -0.2) is 27.8 Å². The van der Waals surface area contributed by atoms with Crippen LogP contribution in [0.4, 0.5) is 5.69 Å². The van der Waals surface area contributed by atoms with Gasteiger partial charge < -0.3 is 14.8 Å². The summed E-state index contributed by atoms with van der Waals surface area (Å²) in [6, 6.07) is 24.8. The summed E-state index contributed by atoms with van der Waals surface area (Å²) in [5.74, 6) is -0.334. The number of hydrogen-bond acceptors (Lipinski definition) is 2. The Balaban J connectivity index is 1.55. The van der Waals surface area contributed by atoms with Crippen LogP contribution in [-0.2, 0) is 11.8 Å². The average Bonchev–Trinajstić information content (AvgIpc) is 3.23. The monoisotopic (exact) mass is 395 g/mol. The molecule has 30 heavy (non-hydrogen) atoms. The van der Waals surface area contributed by atoms with Crippen molar-refractivity contribution in [3.05, 3.63) is 102 Å². The Morgan fingerprint density at radius 2 is 1.60 bits per heavy atom. The van der Waals surface area contributed by atoms with Gasteiger partial charge in [-0.1, -0.05) is 54.6 Å². The van der Waals surface area contributed by atoms with Crippen LogP contribution in [0, 0.1) is 0 Å². The lowest BCUT2D eigenvalue weighted by atomic mass is 9.97. The Hall–Kier alpha value is -3.86. The largest absolute Gasteiger partial charge is 0.350 e. The Morgan fingerprint density at radius 3 is 2.43 bits per heavy atom. The van der Waals surface area contributed by atoms with E-state index in [9.17, 15) is 9.59 Å². The van der Waals surface area contributed by atoms with Crippen LogP contribution < -0.4 is 5.32 Å². The molecular formula is C25H21N3O2. The SMILES string of the molecule is Cn1cc([C@H]2c3ccccc3C(=O)N2CC(=O)Nc2ccccc2)c2ccccc21. The minimum absolute atomic E-state index is 0.0176. The molecule has 0 spiro atoms. The first-order chi connectivity index (χ1) is 14.6. The number of nitrogens with one attached hydrogen (secondary N) is 1. The molecule has 2 heterocycles. The van der Waals surface area contributed by atoms with Gasteiger partial charge in [0.1, 0.15) is 6.54 Å². The molecule has 0 saturated carbocycles. The number of para-hydroxylation sites is 2. The van der Waals surface area contributed by atoms with Gasteiger partial charge in [-0.05, 0) is 29.8 Å². The molecule has 5 heteroatoms. The van der Waals surface area contributed by atoms with Crippen LogP contribution in [0.15, 0.2) is 85.1 Å². The molecule has 5 nitrogen and oxygen atoms in total. The number of nitrogens with zero attached hydrogens (tertiary/aromatic N) is 2. The number of hydrogen-bond donors (Lipinski definition) is 1. The molecule has 1 N–H and O–H groups in total. The van der Waals surface area contributed by atoms with Crippen LogP contribution in [0.25, 0.3) is 10.9 Å². The molecule has 1 aliphatic heterocycles. The van der Waals surface area contributed by atoms with Gasteiger partial charge in [-0.15, -0.1) is 0 Å². The summed E-state index contributed by atoms with van der Waals surface area (Å²) in [5.41, 5.74) is 4.43. The zero-order valence-corrected chi connectivity index (χ0v) is 16.6. The Morgan fingerprint density at radius 1 is 0.900 bits per heavy atom. The van der Waals surface area contributed by atoms with Crippen molar-refractivity contribution in [3.8, 4) is 0 Å². The van der Waals surface area contributed by atoms with Gasteiger partial charge in [-0.2, -0.15) is 0 Å². The number of aromatic nitrogens is 1. The maximum absolute atomic E-state index is 13.3. The summed E-state index contributed by atoms with van der Waals surface area (Å²) in [5, 5.41) is 3.98. The summed E-state index contributed by atoms with van der Waals surface area (Å²) in [4.78, 5) is 27.7. The van der Waals surface area contributed by atoms with E-state index in [1.165, 1.54) is 0 Å². The molecular weight excluding hydrogens is 374 g/mol. The van der Waals surface area contributed by atoms with Crippen molar-refractivity contribution < 1.29 is 9.59 Å². The lowest BCUT2D eigenvalue weighted by molar-refractivity contribution is -0.117. The number of anilines is 1. The number of carbonyl (C=O) groups is 2. The smallest absolute Gasteiger partial charge is 0.255 e. The minimum Gasteiger partial charge on any atom is -0.350 e. The molecule has 0 unspecified atom stereocenters. The van der Waals surface area contributed by atoms with E-state index < -0.39 is 0 Å². The second-order valence-corrected chi connectivity index (χ2v) is 7.55. The van der Waals surface area contributed by atoms with Gasteiger partial charge >= 0.3 is 0 Å². The standard InChI is InChI=1S/C25H21N3O2/c1-27-15-21(18-11-7-8-14-22(18)27)24-19-12-5-6-13-20(19)25(30)28(24)16-23(29)26-17-9-3-2-4-10-17/h2-15,24H,16H2,1H3,(H,26,29)/t24-/m1/s1. The van der Waals surface area contributed by atoms with Gasteiger partial charge in [-0.25, -0.2) is 0 Å². The van der Waals surface area contributed by atoms with Crippen LogP contribution >= 0.6 is 0 Å². The number of rotatable bonds is 4. The first-order valence-corrected chi connectivity index (χ1v) is 9.92. The Kier molecular flexibility index (Phi) is 4.36. The molecule has 3 aromatic carbocycles. The van der Waals surface area contributed by atoms with Gasteiger partial charge in [0.15, 0.2) is 0 Å². The number of carbonyl (C=O) groups excluding carboxylic acids is 2. The van der Waals surface area contributed by atoms with Crippen molar-refractivity contribution in [1.29, 1.82) is 0 Å². The Labute approximate surface area is 174 Å². The number of fused-ring (bicyclic) bond motifs is 2. The van der Waals surface area contributed by atoms with Crippen molar-refractivity contribution in [1.82, 2.24) is 9.47 Å². The molecule has 1 atom stereocenters. The zero-order chi connectivity index (χ0) is 20.7. The van der Waals surface area contributed by atoms with Crippen LogP contribution in [0.2, 0.25) is 0 Å². The third kappa shape index (κ3) is 2.95. The first-order valence-electron chi connectivity index (χ1n) is 9.92. The zero-order valence-electron chi connectivity index (χ0n) is 16.6. The van der Waals surface area contributed by atoms with Gasteiger partial charge in [0.2, 0.25) is 5.91 Å². The summed E-state index contributed by atoms with van der Waals surface area (Å²) < 4.78 is 2.07. The van der Waals surface area contributed by atoms with Crippen LogP contribution in [0.1, 0.15) is 27.5 Å². The highest BCUT2D eigenvalue weighted by molar-refractivity contribution is 6.04. The van der Waals surface area contributed by atoms with Gasteiger partial charge in [0.25, 0.3) is 5.91 Å². The fourth-order valence-electron chi connectivity index (χ4n) is 4.34. The number of aryl methyl sites for hydroxylation is 1. The predicted molar refractivity (Wildman–Crippen MR) is 117 cm³/mol. The maximum Gasteiger partial charge on any atom is 0.255 e. The fraction of sp³-hybridized carbons (Fsp3) is 0.120. The predicted octanol–water partition coefficient (Wildman–Crippen LogP) is 4.36. The van der Waals surface area contributed by atoms with E-state index in [1.807, 2.05) is 73.8 Å². The second kappa shape index (κ2) is 7.19. The number of amides is 2. The Bertz CT molecular complexity index is 1260. The molecule has 148 valence electrons. The fourth-order valence-corrected chi connectivity index (χ4v) is 4.34. The van der Waals surface area contributed by atoms with E-state index in [2.05, 4.69) is 28.2 Å². The van der Waals surface area contributed by atoms with Crippen LogP contribution in [0.5, 0.6) is 0 Å². The molecule has 0 saturated heterocycles. The van der Waals surface area contributed by atoms with Gasteiger partial charge in [0, 0.05) is 41.0 Å². The van der Waals surface area contributed by atoms with Gasteiger partial charge in [0.05, 0.1) is 6.04 Å². The van der Waals surface area contributed by atoms with Crippen molar-refractivity contribution >= 4 is 28.4 Å². The summed E-state index contributed by atoms with van der Waals surface area (Å²) in [6.07, 6.45) is 2.06. The number of benzene rings is 3. The van der Waals surface area contributed by atoms with Crippen molar-refractivity contribution in [2.24, 2.45) is 7.05 Å². The minimum atomic E-state index is -0.304. The van der Waals surface area contributed by atoms with Crippen LogP contribution in [0.3, 0.4) is 0 Å². The molecule has 1 aromatic heterocycles. The highest BCUT2D eigenvalue weighted by Crippen LogP contribution is 2.41. The second-order valence-electron chi connectivity index (χ2n) is 7.55. The molecule has 0 aliphatic carbocycles. The molecule has 0 fully saturated rings. The van der Waals surface area contributed by atoms with E-state index in [-0.39, 0.29) is 24.4 Å². The van der Waals surface area contributed by atoms with E-state index in [4.69, 9.17) is 0 Å². The third-order valence-corrected chi connectivity index (χ3v) is 5.65. The molecule has 4 aromatic rings. The lowest BCUT2D eigenvalue weighted by Crippen LogP contribution is -2.36. The molecule has 0 radical (unpaired) electrons. The van der Waals surface area contributed by atoms with E-state index >= 15 is 0 Å². The third-order valence-electron chi connectivity index (χ3n) is 5.65. The van der Waals surface area contributed by atoms with E-state index in [0.717, 1.165) is 22.0 Å². The summed E-state index contributed by atoms with van der Waals surface area (Å²) >= 11 is 0. The first kappa shape index (κ1) is 18.2. The summed E-state index contributed by atoms with van der Waals surface area (Å²) in [6.45, 7) is -0.0176. The van der Waals surface area contributed by atoms with Crippen molar-refractivity contribution in [2.45, 2.75) is 6.04 Å². The van der Waals surface area contributed by atoms with E-state index in [0.29, 0.717) is 11.3 Å². The highest BCUT2D eigenvalue weighted by Gasteiger charge is 2.39. The quantitative estimate of drug-likeness (QED) is 0.558. The van der Waals surface area contributed by atoms with E-state index in [1.54, 1.807) is 4.90 Å². The highest BCUT2D eigenvalue weighted by atomic mass is 16.2. The van der Waals surface area contributed by atoms with Crippen molar-refractivity contribution in [2.75, 3.05) is 11.9 Å². The molecule has 2 amide bonds. The molecule has 1 aliphatic rings. The topological polar surface area (TPSA) is 54.3 Å². The average molecular weight is 395 g/mol. The molecule has 0 bridgehead atoms. The summed E-state index contributed by atoms with van der Waals surface area (Å²) in [7, 11) is 2.00.